The number of aliphatic hydroxyl groups is 2. The highest BCUT2D eigenvalue weighted by Gasteiger charge is 2.55. The summed E-state index contributed by atoms with van der Waals surface area (Å²) in [7, 11) is 5.17. The van der Waals surface area contributed by atoms with Crippen molar-refractivity contribution >= 4 is 17.6 Å². The van der Waals surface area contributed by atoms with Crippen LogP contribution in [0.4, 0.5) is 0 Å². The van der Waals surface area contributed by atoms with Gasteiger partial charge in [0.05, 0.1) is 340 Å². The van der Waals surface area contributed by atoms with Crippen LogP contribution in [0.15, 0.2) is 0 Å². The molecule has 0 aromatic rings. The molecule has 5 rings (SSSR count). The molecule has 5 aliphatic heterocycles. The Morgan fingerprint density at radius 2 is 0.539 bits per heavy atom. The standard InChI is InChI=1S/C33H66O17Si.C24H50O12.C9H16O5Si/c1-35-6-9-38-13-18-44-27-33(28-45-19-14-39-10-7-36-2,29-46-20-15-40-11-8-37-3)30-47-21-16-41-12-17-43-24-31(34)23-42-5-4-22-51-48-25-32(50-51)26-49-51;1-26-6-9-30-13-17-34-21-24(20-33-16-12-29-5-4-25,22-35-18-14-31-10-7-27-2)23-36-19-15-32-11-8-28-3;1(2-10-4-8-5-11-8)3-15-12-6-9(14-15)7-13-15/h31-32,34H,4-30H2,1-3H3;25H,4-23H2,1-3H3;8-9H,1-7H2. The summed E-state index contributed by atoms with van der Waals surface area (Å²) in [6.45, 7) is 22.4. The van der Waals surface area contributed by atoms with Crippen molar-refractivity contribution < 1.29 is 160 Å². The Morgan fingerprint density at radius 3 is 0.784 bits per heavy atom. The van der Waals surface area contributed by atoms with E-state index in [-0.39, 0.29) is 38.6 Å². The summed E-state index contributed by atoms with van der Waals surface area (Å²) in [6.07, 6.45) is 1.65. The predicted octanol–water partition coefficient (Wildman–Crippen LogP) is 0.427. The Morgan fingerprint density at radius 1 is 0.304 bits per heavy atom. The lowest BCUT2D eigenvalue weighted by Crippen LogP contribution is -2.43. The number of hydrogen-bond acceptors (Lipinski definition) is 34. The molecule has 34 nitrogen and oxygen atoms in total. The number of rotatable bonds is 77. The van der Waals surface area contributed by atoms with Crippen LogP contribution in [0.1, 0.15) is 12.8 Å². The third-order valence-electron chi connectivity index (χ3n) is 15.0. The first kappa shape index (κ1) is 95.3. The molecule has 0 aliphatic carbocycles. The van der Waals surface area contributed by atoms with Crippen molar-refractivity contribution in [3.05, 3.63) is 0 Å². The predicted molar refractivity (Wildman–Crippen MR) is 368 cm³/mol. The molecule has 102 heavy (non-hydrogen) atoms. The summed E-state index contributed by atoms with van der Waals surface area (Å²) < 4.78 is 178. The molecular formula is C66H132O34Si2. The highest BCUT2D eigenvalue weighted by atomic mass is 28.4. The topological polar surface area (TPSA) is 339 Å². The highest BCUT2D eigenvalue weighted by Crippen LogP contribution is 2.33. The van der Waals surface area contributed by atoms with Crippen molar-refractivity contribution in [2.45, 2.75) is 49.3 Å². The van der Waals surface area contributed by atoms with Crippen molar-refractivity contribution in [1.82, 2.24) is 0 Å². The summed E-state index contributed by atoms with van der Waals surface area (Å²) >= 11 is 0. The third-order valence-corrected chi connectivity index (χ3v) is 20.7. The maximum Gasteiger partial charge on any atom is 0.501 e. The van der Waals surface area contributed by atoms with Crippen molar-refractivity contribution in [3.63, 3.8) is 0 Å². The van der Waals surface area contributed by atoms with Crippen LogP contribution in [0.25, 0.3) is 0 Å². The number of ether oxygens (including phenoxy) is 26. The van der Waals surface area contributed by atoms with Gasteiger partial charge in [-0.1, -0.05) is 0 Å². The monoisotopic (exact) mass is 1520 g/mol. The molecule has 0 aromatic heterocycles. The fourth-order valence-electron chi connectivity index (χ4n) is 9.50. The third kappa shape index (κ3) is 51.5. The van der Waals surface area contributed by atoms with Gasteiger partial charge in [-0.15, -0.1) is 0 Å². The van der Waals surface area contributed by atoms with Gasteiger partial charge in [0.25, 0.3) is 0 Å². The first-order valence-electron chi connectivity index (χ1n) is 35.9. The van der Waals surface area contributed by atoms with Gasteiger partial charge in [-0.25, -0.2) is 0 Å². The lowest BCUT2D eigenvalue weighted by molar-refractivity contribution is -0.122. The number of epoxide rings is 1. The molecule has 36 heteroatoms. The average molecular weight is 1530 g/mol. The molecule has 0 amide bonds. The van der Waals surface area contributed by atoms with Gasteiger partial charge in [0.15, 0.2) is 0 Å². The number of fused-ring (bicyclic) bond motifs is 4. The van der Waals surface area contributed by atoms with E-state index in [0.29, 0.717) is 277 Å². The second-order valence-corrected chi connectivity index (χ2v) is 29.5. The number of methoxy groups -OCH3 is 6. The van der Waals surface area contributed by atoms with Gasteiger partial charge in [0, 0.05) is 68.0 Å². The van der Waals surface area contributed by atoms with Crippen molar-refractivity contribution in [2.24, 2.45) is 10.8 Å². The molecule has 2 N–H and O–H groups in total. The molecule has 5 saturated heterocycles. The quantitative estimate of drug-likeness (QED) is 0.0474. The van der Waals surface area contributed by atoms with Crippen molar-refractivity contribution in [1.29, 1.82) is 0 Å². The Kier molecular flexibility index (Phi) is 62.6. The SMILES string of the molecule is C(COCC1CO1)C[Si]12OCC(CO1)O2.COCCOCCOCC(COCCOCCO)(COCCOCCOC)COCCOCCOC.COCCOCCOCC(COCCOCCOC)(COCCOCCOC)COCCOCCOCC(O)COCCC[Si]12OCC(CO1)O2. The lowest BCUT2D eigenvalue weighted by Gasteiger charge is -2.33. The largest absolute Gasteiger partial charge is 0.501 e. The summed E-state index contributed by atoms with van der Waals surface area (Å²) in [5, 5.41) is 19.0. The maximum atomic E-state index is 10.1. The fourth-order valence-corrected chi connectivity index (χ4v) is 15.0. The minimum Gasteiger partial charge on any atom is -0.394 e. The normalized spacial score (nSPS) is 20.2. The second kappa shape index (κ2) is 67.0. The van der Waals surface area contributed by atoms with E-state index >= 15 is 0 Å². The number of aliphatic hydroxyl groups excluding tert-OH is 2. The van der Waals surface area contributed by atoms with E-state index in [2.05, 4.69) is 0 Å². The molecular weight excluding hydrogens is 1390 g/mol. The first-order chi connectivity index (χ1) is 50.2. The first-order valence-corrected chi connectivity index (χ1v) is 39.8. The molecule has 5 fully saturated rings. The zero-order valence-electron chi connectivity index (χ0n) is 62.5. The fraction of sp³-hybridized carbons (Fsp3) is 1.00. The molecule has 5 aliphatic rings. The zero-order chi connectivity index (χ0) is 73.1. The molecule has 0 spiro atoms. The van der Waals surface area contributed by atoms with E-state index in [0.717, 1.165) is 58.0 Å². The van der Waals surface area contributed by atoms with Crippen LogP contribution in [0.5, 0.6) is 0 Å². The van der Waals surface area contributed by atoms with Crippen LogP contribution in [0.3, 0.4) is 0 Å². The van der Waals surface area contributed by atoms with Gasteiger partial charge in [-0.05, 0) is 12.8 Å². The molecule has 608 valence electrons. The van der Waals surface area contributed by atoms with E-state index in [1.807, 2.05) is 0 Å². The van der Waals surface area contributed by atoms with Gasteiger partial charge < -0.3 is 160 Å². The van der Waals surface area contributed by atoms with Crippen molar-refractivity contribution in [2.75, 3.05) is 373 Å². The smallest absolute Gasteiger partial charge is 0.394 e. The maximum absolute atomic E-state index is 10.1. The van der Waals surface area contributed by atoms with Crippen LogP contribution in [0.2, 0.25) is 12.1 Å². The molecule has 0 aromatic carbocycles. The van der Waals surface area contributed by atoms with Crippen LogP contribution in [-0.2, 0) is 150 Å². The zero-order valence-corrected chi connectivity index (χ0v) is 64.5. The average Bonchev–Trinajstić information content (AvgIpc) is 1.66. The summed E-state index contributed by atoms with van der Waals surface area (Å²) in [4.78, 5) is 0. The summed E-state index contributed by atoms with van der Waals surface area (Å²) in [5.41, 5.74) is -1.15. The van der Waals surface area contributed by atoms with Gasteiger partial charge in [-0.2, -0.15) is 0 Å². The highest BCUT2D eigenvalue weighted by molar-refractivity contribution is 6.62. The van der Waals surface area contributed by atoms with Gasteiger partial charge in [0.1, 0.15) is 12.2 Å². The Bertz CT molecular complexity index is 1680. The molecule has 5 heterocycles. The van der Waals surface area contributed by atoms with Gasteiger partial charge >= 0.3 is 17.6 Å². The minimum atomic E-state index is -2.43. The van der Waals surface area contributed by atoms with Gasteiger partial charge in [-0.3, -0.25) is 0 Å². The van der Waals surface area contributed by atoms with E-state index in [4.69, 9.17) is 155 Å². The lowest BCUT2D eigenvalue weighted by atomic mass is 9.92. The van der Waals surface area contributed by atoms with E-state index in [1.54, 1.807) is 42.7 Å². The summed E-state index contributed by atoms with van der Waals surface area (Å²) in [6, 6.07) is 1.61. The van der Waals surface area contributed by atoms with E-state index < -0.39 is 34.5 Å². The van der Waals surface area contributed by atoms with Crippen molar-refractivity contribution in [3.8, 4) is 0 Å². The van der Waals surface area contributed by atoms with Crippen LogP contribution < -0.4 is 0 Å². The van der Waals surface area contributed by atoms with Crippen LogP contribution >= 0.6 is 0 Å². The molecule has 0 radical (unpaired) electrons. The van der Waals surface area contributed by atoms with Crippen LogP contribution in [0, 0.1) is 10.8 Å². The molecule has 4 bridgehead atoms. The Labute approximate surface area is 608 Å². The summed E-state index contributed by atoms with van der Waals surface area (Å²) in [5.74, 6) is 0. The number of hydrogen-bond donors (Lipinski definition) is 2. The minimum absolute atomic E-state index is 0.0230. The Hall–Kier alpha value is -0.926. The van der Waals surface area contributed by atoms with Gasteiger partial charge in [0.2, 0.25) is 0 Å². The second-order valence-electron chi connectivity index (χ2n) is 24.1. The van der Waals surface area contributed by atoms with E-state index in [1.165, 1.54) is 0 Å². The van der Waals surface area contributed by atoms with Crippen LogP contribution in [-0.4, -0.2) is 425 Å². The Balaban J connectivity index is 0.000000454. The molecule has 2 atom stereocenters. The molecule has 2 unspecified atom stereocenters. The molecule has 0 saturated carbocycles. The van der Waals surface area contributed by atoms with E-state index in [9.17, 15) is 5.11 Å².